The standard InChI is InChI=1S/C13H17NO/c1-9-8-15-13-7-11-5-3-2-4-10(11)6-12(13)14-9/h6-7,9,14H,2-5,8H2,1H3. The summed E-state index contributed by atoms with van der Waals surface area (Å²) in [5.41, 5.74) is 4.20. The summed E-state index contributed by atoms with van der Waals surface area (Å²) in [6.45, 7) is 2.94. The summed E-state index contributed by atoms with van der Waals surface area (Å²) >= 11 is 0. The maximum Gasteiger partial charge on any atom is 0.142 e. The minimum atomic E-state index is 0.430. The van der Waals surface area contributed by atoms with Gasteiger partial charge < -0.3 is 10.1 Å². The highest BCUT2D eigenvalue weighted by atomic mass is 16.5. The summed E-state index contributed by atoms with van der Waals surface area (Å²) < 4.78 is 5.74. The van der Waals surface area contributed by atoms with Crippen LogP contribution in [-0.2, 0) is 12.8 Å². The number of benzene rings is 1. The van der Waals surface area contributed by atoms with E-state index in [1.807, 2.05) is 0 Å². The van der Waals surface area contributed by atoms with Gasteiger partial charge in [0.15, 0.2) is 0 Å². The second-order valence-corrected chi connectivity index (χ2v) is 4.68. The average Bonchev–Trinajstić information content (AvgIpc) is 2.26. The zero-order valence-electron chi connectivity index (χ0n) is 9.18. The van der Waals surface area contributed by atoms with Crippen molar-refractivity contribution in [1.82, 2.24) is 0 Å². The Bertz CT molecular complexity index is 386. The minimum absolute atomic E-state index is 0.430. The van der Waals surface area contributed by atoms with Crippen LogP contribution in [0.15, 0.2) is 12.1 Å². The van der Waals surface area contributed by atoms with Crippen molar-refractivity contribution in [3.63, 3.8) is 0 Å². The van der Waals surface area contributed by atoms with Gasteiger partial charge in [-0.15, -0.1) is 0 Å². The predicted octanol–water partition coefficient (Wildman–Crippen LogP) is 2.76. The summed E-state index contributed by atoms with van der Waals surface area (Å²) in [6, 6.07) is 4.96. The highest BCUT2D eigenvalue weighted by Crippen LogP contribution is 2.35. The lowest BCUT2D eigenvalue weighted by Crippen LogP contribution is -2.28. The van der Waals surface area contributed by atoms with E-state index < -0.39 is 0 Å². The number of ether oxygens (including phenoxy) is 1. The molecule has 80 valence electrons. The van der Waals surface area contributed by atoms with E-state index in [1.54, 1.807) is 0 Å². The van der Waals surface area contributed by atoms with Crippen molar-refractivity contribution in [3.05, 3.63) is 23.3 Å². The van der Waals surface area contributed by atoms with Crippen molar-refractivity contribution in [1.29, 1.82) is 0 Å². The molecule has 0 saturated heterocycles. The van der Waals surface area contributed by atoms with Gasteiger partial charge in [-0.2, -0.15) is 0 Å². The van der Waals surface area contributed by atoms with Crippen LogP contribution in [0.2, 0.25) is 0 Å². The van der Waals surface area contributed by atoms with Gasteiger partial charge in [0, 0.05) is 0 Å². The molecule has 1 unspecified atom stereocenters. The van der Waals surface area contributed by atoms with Crippen LogP contribution in [0.4, 0.5) is 5.69 Å². The third-order valence-electron chi connectivity index (χ3n) is 3.33. The zero-order valence-corrected chi connectivity index (χ0v) is 9.18. The molecule has 0 bridgehead atoms. The van der Waals surface area contributed by atoms with Gasteiger partial charge in [-0.25, -0.2) is 0 Å². The molecular weight excluding hydrogens is 186 g/mol. The van der Waals surface area contributed by atoms with Gasteiger partial charge in [0.2, 0.25) is 0 Å². The first-order valence-electron chi connectivity index (χ1n) is 5.88. The van der Waals surface area contributed by atoms with Gasteiger partial charge in [-0.3, -0.25) is 0 Å². The lowest BCUT2D eigenvalue weighted by Gasteiger charge is -2.27. The predicted molar refractivity (Wildman–Crippen MR) is 61.7 cm³/mol. The van der Waals surface area contributed by atoms with Crippen LogP contribution in [0.1, 0.15) is 30.9 Å². The number of fused-ring (bicyclic) bond motifs is 2. The van der Waals surface area contributed by atoms with Crippen LogP contribution in [0, 0.1) is 0 Å². The lowest BCUT2D eigenvalue weighted by molar-refractivity contribution is 0.291. The SMILES string of the molecule is CC1COc2cc3c(cc2N1)CCCC3. The van der Waals surface area contributed by atoms with E-state index in [4.69, 9.17) is 4.74 Å². The molecular formula is C13H17NO. The molecule has 1 atom stereocenters. The molecule has 0 amide bonds. The molecule has 0 aromatic heterocycles. The van der Waals surface area contributed by atoms with Crippen LogP contribution in [0.3, 0.4) is 0 Å². The van der Waals surface area contributed by atoms with Crippen molar-refractivity contribution in [2.24, 2.45) is 0 Å². The highest BCUT2D eigenvalue weighted by molar-refractivity contribution is 5.62. The van der Waals surface area contributed by atoms with Gasteiger partial charge in [-0.1, -0.05) is 0 Å². The van der Waals surface area contributed by atoms with Gasteiger partial charge in [0.05, 0.1) is 11.7 Å². The van der Waals surface area contributed by atoms with E-state index in [0.717, 1.165) is 12.4 Å². The number of rotatable bonds is 0. The van der Waals surface area contributed by atoms with E-state index in [-0.39, 0.29) is 0 Å². The number of aryl methyl sites for hydroxylation is 2. The molecule has 1 aromatic rings. The fourth-order valence-corrected chi connectivity index (χ4v) is 2.52. The first-order chi connectivity index (χ1) is 7.33. The fourth-order valence-electron chi connectivity index (χ4n) is 2.52. The van der Waals surface area contributed by atoms with E-state index in [0.29, 0.717) is 6.04 Å². The molecule has 1 N–H and O–H groups in total. The number of hydrogen-bond acceptors (Lipinski definition) is 2. The molecule has 0 fully saturated rings. The average molecular weight is 203 g/mol. The van der Waals surface area contributed by atoms with Crippen molar-refractivity contribution in [2.75, 3.05) is 11.9 Å². The molecule has 2 heteroatoms. The van der Waals surface area contributed by atoms with E-state index >= 15 is 0 Å². The molecule has 0 saturated carbocycles. The van der Waals surface area contributed by atoms with Crippen molar-refractivity contribution in [2.45, 2.75) is 38.6 Å². The summed E-state index contributed by atoms with van der Waals surface area (Å²) in [4.78, 5) is 0. The van der Waals surface area contributed by atoms with Gasteiger partial charge >= 0.3 is 0 Å². The van der Waals surface area contributed by atoms with E-state index in [2.05, 4.69) is 24.4 Å². The summed E-state index contributed by atoms with van der Waals surface area (Å²) in [7, 11) is 0. The van der Waals surface area contributed by atoms with Crippen molar-refractivity contribution >= 4 is 5.69 Å². The number of hydrogen-bond donors (Lipinski definition) is 1. The Hall–Kier alpha value is -1.18. The van der Waals surface area contributed by atoms with Gasteiger partial charge in [-0.05, 0) is 55.9 Å². The highest BCUT2D eigenvalue weighted by Gasteiger charge is 2.19. The Morgan fingerprint density at radius 2 is 1.93 bits per heavy atom. The molecule has 0 radical (unpaired) electrons. The molecule has 3 rings (SSSR count). The molecule has 1 aromatic carbocycles. The molecule has 2 nitrogen and oxygen atoms in total. The van der Waals surface area contributed by atoms with E-state index in [9.17, 15) is 0 Å². The second kappa shape index (κ2) is 3.44. The Morgan fingerprint density at radius 1 is 1.20 bits per heavy atom. The zero-order chi connectivity index (χ0) is 10.3. The summed E-state index contributed by atoms with van der Waals surface area (Å²) in [5.74, 6) is 1.05. The molecule has 2 aliphatic rings. The van der Waals surface area contributed by atoms with E-state index in [1.165, 1.54) is 42.5 Å². The smallest absolute Gasteiger partial charge is 0.142 e. The first kappa shape index (κ1) is 9.08. The quantitative estimate of drug-likeness (QED) is 0.700. The van der Waals surface area contributed by atoms with Crippen LogP contribution >= 0.6 is 0 Å². The minimum Gasteiger partial charge on any atom is -0.489 e. The molecule has 1 aliphatic carbocycles. The van der Waals surface area contributed by atoms with Crippen LogP contribution < -0.4 is 10.1 Å². The maximum absolute atomic E-state index is 5.74. The molecule has 1 aliphatic heterocycles. The van der Waals surface area contributed by atoms with Crippen LogP contribution in [0.25, 0.3) is 0 Å². The summed E-state index contributed by atoms with van der Waals surface area (Å²) in [6.07, 6.45) is 5.12. The van der Waals surface area contributed by atoms with Crippen LogP contribution in [0.5, 0.6) is 5.75 Å². The molecule has 15 heavy (non-hydrogen) atoms. The second-order valence-electron chi connectivity index (χ2n) is 4.68. The number of nitrogens with one attached hydrogen (secondary N) is 1. The maximum atomic E-state index is 5.74. The topological polar surface area (TPSA) is 21.3 Å². The Kier molecular flexibility index (Phi) is 2.08. The normalized spacial score (nSPS) is 23.4. The Balaban J connectivity index is 2.02. The third-order valence-corrected chi connectivity index (χ3v) is 3.33. The molecule has 1 heterocycles. The lowest BCUT2D eigenvalue weighted by atomic mass is 9.91. The van der Waals surface area contributed by atoms with Crippen LogP contribution in [-0.4, -0.2) is 12.6 Å². The fraction of sp³-hybridized carbons (Fsp3) is 0.538. The number of anilines is 1. The van der Waals surface area contributed by atoms with Crippen molar-refractivity contribution in [3.8, 4) is 5.75 Å². The summed E-state index contributed by atoms with van der Waals surface area (Å²) in [5, 5.41) is 3.48. The Labute approximate surface area is 90.6 Å². The third kappa shape index (κ3) is 1.58. The van der Waals surface area contributed by atoms with Gasteiger partial charge in [0.1, 0.15) is 12.4 Å². The Morgan fingerprint density at radius 3 is 2.73 bits per heavy atom. The molecule has 0 spiro atoms. The monoisotopic (exact) mass is 203 g/mol. The van der Waals surface area contributed by atoms with Gasteiger partial charge in [0.25, 0.3) is 0 Å². The largest absolute Gasteiger partial charge is 0.489 e. The van der Waals surface area contributed by atoms with Crippen molar-refractivity contribution < 1.29 is 4.74 Å². The first-order valence-corrected chi connectivity index (χ1v) is 5.88.